The number of likely N-dealkylation sites (tertiary alicyclic amines) is 1. The van der Waals surface area contributed by atoms with E-state index in [1.165, 1.54) is 63.7 Å². The molecule has 4 unspecified atom stereocenters. The SMILES string of the molecule is CCN=C(NC1C2CCOC2C12CCCC2)N1CCCC2(CCCOC2)C1. The van der Waals surface area contributed by atoms with Crippen molar-refractivity contribution in [2.24, 2.45) is 21.7 Å². The van der Waals surface area contributed by atoms with E-state index in [-0.39, 0.29) is 0 Å². The Bertz CT molecular complexity index is 560. The molecule has 0 aromatic rings. The summed E-state index contributed by atoms with van der Waals surface area (Å²) in [6.07, 6.45) is 12.3. The molecular formula is C22H37N3O2. The lowest BCUT2D eigenvalue weighted by Gasteiger charge is -2.58. The predicted octanol–water partition coefficient (Wildman–Crippen LogP) is 3.19. The van der Waals surface area contributed by atoms with Gasteiger partial charge in [0.15, 0.2) is 5.96 Å². The van der Waals surface area contributed by atoms with Gasteiger partial charge >= 0.3 is 0 Å². The van der Waals surface area contributed by atoms with Crippen molar-refractivity contribution >= 4 is 5.96 Å². The van der Waals surface area contributed by atoms with Crippen LogP contribution in [0.3, 0.4) is 0 Å². The molecule has 5 fully saturated rings. The third kappa shape index (κ3) is 3.00. The fourth-order valence-corrected chi connectivity index (χ4v) is 7.05. The lowest BCUT2D eigenvalue weighted by Crippen LogP contribution is -2.70. The van der Waals surface area contributed by atoms with Crippen molar-refractivity contribution in [3.63, 3.8) is 0 Å². The van der Waals surface area contributed by atoms with Crippen molar-refractivity contribution in [1.29, 1.82) is 0 Å². The van der Waals surface area contributed by atoms with E-state index in [0.717, 1.165) is 39.5 Å². The molecule has 5 aliphatic rings. The van der Waals surface area contributed by atoms with Gasteiger partial charge in [-0.2, -0.15) is 0 Å². The molecule has 0 radical (unpaired) electrons. The van der Waals surface area contributed by atoms with E-state index < -0.39 is 0 Å². The summed E-state index contributed by atoms with van der Waals surface area (Å²) >= 11 is 0. The van der Waals surface area contributed by atoms with Crippen LogP contribution in [0.5, 0.6) is 0 Å². The van der Waals surface area contributed by atoms with Gasteiger partial charge in [-0.15, -0.1) is 0 Å². The van der Waals surface area contributed by atoms with Gasteiger partial charge in [-0.25, -0.2) is 0 Å². The summed E-state index contributed by atoms with van der Waals surface area (Å²) in [5, 5.41) is 4.01. The molecule has 1 N–H and O–H groups in total. The van der Waals surface area contributed by atoms with Crippen LogP contribution < -0.4 is 5.32 Å². The van der Waals surface area contributed by atoms with E-state index >= 15 is 0 Å². The largest absolute Gasteiger partial charge is 0.381 e. The van der Waals surface area contributed by atoms with Gasteiger partial charge in [-0.3, -0.25) is 4.99 Å². The Kier molecular flexibility index (Phi) is 4.87. The molecule has 0 amide bonds. The van der Waals surface area contributed by atoms with Gasteiger partial charge in [-0.1, -0.05) is 12.8 Å². The number of guanidine groups is 1. The third-order valence-electron chi connectivity index (χ3n) is 8.24. The van der Waals surface area contributed by atoms with Gasteiger partial charge in [0.25, 0.3) is 0 Å². The highest BCUT2D eigenvalue weighted by atomic mass is 16.5. The Morgan fingerprint density at radius 3 is 2.74 bits per heavy atom. The number of fused-ring (bicyclic) bond motifs is 2. The zero-order valence-corrected chi connectivity index (χ0v) is 17.0. The molecule has 0 bridgehead atoms. The van der Waals surface area contributed by atoms with Gasteiger partial charge in [0.2, 0.25) is 0 Å². The molecule has 152 valence electrons. The highest BCUT2D eigenvalue weighted by molar-refractivity contribution is 5.81. The van der Waals surface area contributed by atoms with E-state index in [4.69, 9.17) is 14.5 Å². The van der Waals surface area contributed by atoms with Crippen LogP contribution in [0.4, 0.5) is 0 Å². The summed E-state index contributed by atoms with van der Waals surface area (Å²) < 4.78 is 12.1. The molecule has 3 saturated heterocycles. The van der Waals surface area contributed by atoms with E-state index in [1.54, 1.807) is 0 Å². The minimum Gasteiger partial charge on any atom is -0.381 e. The molecule has 3 aliphatic heterocycles. The first-order valence-corrected chi connectivity index (χ1v) is 11.5. The van der Waals surface area contributed by atoms with Gasteiger partial charge in [0.05, 0.1) is 12.7 Å². The van der Waals surface area contributed by atoms with Crippen LogP contribution in [-0.4, -0.2) is 62.5 Å². The maximum absolute atomic E-state index is 6.19. The Labute approximate surface area is 164 Å². The molecule has 5 heteroatoms. The molecule has 2 saturated carbocycles. The van der Waals surface area contributed by atoms with Crippen molar-refractivity contribution < 1.29 is 9.47 Å². The first kappa shape index (κ1) is 18.2. The Morgan fingerprint density at radius 2 is 1.96 bits per heavy atom. The molecule has 0 aromatic carbocycles. The topological polar surface area (TPSA) is 46.1 Å². The third-order valence-corrected chi connectivity index (χ3v) is 8.24. The highest BCUT2D eigenvalue weighted by Gasteiger charge is 2.65. The quantitative estimate of drug-likeness (QED) is 0.595. The normalized spacial score (nSPS) is 41.0. The smallest absolute Gasteiger partial charge is 0.194 e. The predicted molar refractivity (Wildman–Crippen MR) is 107 cm³/mol. The molecule has 5 nitrogen and oxygen atoms in total. The summed E-state index contributed by atoms with van der Waals surface area (Å²) in [5.41, 5.74) is 0.744. The van der Waals surface area contributed by atoms with E-state index in [2.05, 4.69) is 17.1 Å². The fraction of sp³-hybridized carbons (Fsp3) is 0.955. The van der Waals surface area contributed by atoms with Crippen molar-refractivity contribution in [3.8, 4) is 0 Å². The summed E-state index contributed by atoms with van der Waals surface area (Å²) in [7, 11) is 0. The molecule has 27 heavy (non-hydrogen) atoms. The van der Waals surface area contributed by atoms with Crippen LogP contribution in [-0.2, 0) is 9.47 Å². The highest BCUT2D eigenvalue weighted by Crippen LogP contribution is 2.60. The first-order chi connectivity index (χ1) is 13.3. The van der Waals surface area contributed by atoms with Crippen molar-refractivity contribution in [2.75, 3.05) is 39.5 Å². The molecule has 5 rings (SSSR count). The molecule has 3 heterocycles. The Hall–Kier alpha value is -0.810. The van der Waals surface area contributed by atoms with Gasteiger partial charge in [0, 0.05) is 55.6 Å². The van der Waals surface area contributed by atoms with Crippen LogP contribution in [0.15, 0.2) is 4.99 Å². The van der Waals surface area contributed by atoms with Gasteiger partial charge in [-0.05, 0) is 51.9 Å². The van der Waals surface area contributed by atoms with Crippen molar-refractivity contribution in [2.45, 2.75) is 76.9 Å². The average molecular weight is 376 g/mol. The molecule has 2 spiro atoms. The van der Waals surface area contributed by atoms with E-state index in [1.807, 2.05) is 0 Å². The zero-order valence-electron chi connectivity index (χ0n) is 17.0. The van der Waals surface area contributed by atoms with Gasteiger partial charge < -0.3 is 19.7 Å². The number of aliphatic imine (C=N–C) groups is 1. The van der Waals surface area contributed by atoms with Crippen molar-refractivity contribution in [1.82, 2.24) is 10.2 Å². The maximum Gasteiger partial charge on any atom is 0.194 e. The molecule has 4 atom stereocenters. The van der Waals surface area contributed by atoms with Crippen LogP contribution >= 0.6 is 0 Å². The monoisotopic (exact) mass is 375 g/mol. The number of nitrogens with one attached hydrogen (secondary N) is 1. The van der Waals surface area contributed by atoms with Crippen LogP contribution in [0, 0.1) is 16.7 Å². The standard InChI is InChI=1S/C22H37N3O2/c1-2-23-20(25-12-5-8-21(15-25)9-6-13-26-16-21)24-18-17-7-14-27-19(17)22(18)10-3-4-11-22/h17-19H,2-16H2,1H3,(H,23,24). The van der Waals surface area contributed by atoms with E-state index in [9.17, 15) is 0 Å². The molecule has 0 aromatic heterocycles. The minimum absolute atomic E-state index is 0.357. The zero-order chi connectivity index (χ0) is 18.3. The molecular weight excluding hydrogens is 338 g/mol. The lowest BCUT2D eigenvalue weighted by molar-refractivity contribution is -0.125. The summed E-state index contributed by atoms with van der Waals surface area (Å²) in [5.74, 6) is 1.87. The number of hydrogen-bond acceptors (Lipinski definition) is 3. The van der Waals surface area contributed by atoms with Gasteiger partial charge in [0.1, 0.15) is 0 Å². The maximum atomic E-state index is 6.19. The Balaban J connectivity index is 1.33. The number of piperidine rings is 1. The summed E-state index contributed by atoms with van der Waals surface area (Å²) in [6.45, 7) is 8.12. The second-order valence-corrected chi connectivity index (χ2v) is 9.79. The Morgan fingerprint density at radius 1 is 1.11 bits per heavy atom. The van der Waals surface area contributed by atoms with Crippen LogP contribution in [0.2, 0.25) is 0 Å². The lowest BCUT2D eigenvalue weighted by atomic mass is 9.54. The summed E-state index contributed by atoms with van der Waals surface area (Å²) in [4.78, 5) is 7.53. The van der Waals surface area contributed by atoms with Crippen LogP contribution in [0.1, 0.15) is 64.7 Å². The number of rotatable bonds is 2. The number of hydrogen-bond donors (Lipinski definition) is 1. The first-order valence-electron chi connectivity index (χ1n) is 11.5. The fourth-order valence-electron chi connectivity index (χ4n) is 7.05. The number of ether oxygens (including phenoxy) is 2. The van der Waals surface area contributed by atoms with Crippen molar-refractivity contribution in [3.05, 3.63) is 0 Å². The second-order valence-electron chi connectivity index (χ2n) is 9.79. The second kappa shape index (κ2) is 7.22. The number of nitrogens with zero attached hydrogens (tertiary/aromatic N) is 2. The van der Waals surface area contributed by atoms with E-state index in [0.29, 0.717) is 28.9 Å². The molecule has 2 aliphatic carbocycles. The minimum atomic E-state index is 0.357. The summed E-state index contributed by atoms with van der Waals surface area (Å²) in [6, 6.07) is 0.568. The van der Waals surface area contributed by atoms with Crippen LogP contribution in [0.25, 0.3) is 0 Å². The average Bonchev–Trinajstić information content (AvgIpc) is 3.34.